The SMILES string of the molecule is Cc1ccc(/C=C/C(=O)c2ccc(CO)cc2)c(C)c1. The summed E-state index contributed by atoms with van der Waals surface area (Å²) in [6.45, 7) is 4.08. The van der Waals surface area contributed by atoms with Crippen LogP contribution in [-0.4, -0.2) is 10.9 Å². The first kappa shape index (κ1) is 14.2. The zero-order valence-corrected chi connectivity index (χ0v) is 11.8. The molecule has 102 valence electrons. The van der Waals surface area contributed by atoms with Gasteiger partial charge in [-0.2, -0.15) is 0 Å². The highest BCUT2D eigenvalue weighted by Crippen LogP contribution is 2.13. The molecular formula is C18H18O2. The first-order valence-electron chi connectivity index (χ1n) is 6.59. The van der Waals surface area contributed by atoms with Crippen molar-refractivity contribution < 1.29 is 9.90 Å². The fraction of sp³-hybridized carbons (Fsp3) is 0.167. The van der Waals surface area contributed by atoms with E-state index in [4.69, 9.17) is 5.11 Å². The molecule has 0 aliphatic carbocycles. The van der Waals surface area contributed by atoms with Gasteiger partial charge >= 0.3 is 0 Å². The van der Waals surface area contributed by atoms with Gasteiger partial charge < -0.3 is 5.11 Å². The van der Waals surface area contributed by atoms with Crippen LogP contribution in [0.3, 0.4) is 0 Å². The lowest BCUT2D eigenvalue weighted by Gasteiger charge is -2.02. The van der Waals surface area contributed by atoms with Crippen LogP contribution in [0.5, 0.6) is 0 Å². The monoisotopic (exact) mass is 266 g/mol. The number of ketones is 1. The van der Waals surface area contributed by atoms with E-state index in [2.05, 4.69) is 6.07 Å². The number of allylic oxidation sites excluding steroid dienone is 1. The van der Waals surface area contributed by atoms with Crippen LogP contribution < -0.4 is 0 Å². The van der Waals surface area contributed by atoms with Crippen LogP contribution in [0.15, 0.2) is 48.5 Å². The summed E-state index contributed by atoms with van der Waals surface area (Å²) in [4.78, 5) is 12.0. The second kappa shape index (κ2) is 6.31. The molecule has 20 heavy (non-hydrogen) atoms. The average Bonchev–Trinajstić information content (AvgIpc) is 2.46. The van der Waals surface area contributed by atoms with Gasteiger partial charge in [-0.05, 0) is 36.6 Å². The maximum Gasteiger partial charge on any atom is 0.185 e. The summed E-state index contributed by atoms with van der Waals surface area (Å²) < 4.78 is 0. The van der Waals surface area contributed by atoms with Crippen LogP contribution in [0.2, 0.25) is 0 Å². The van der Waals surface area contributed by atoms with Crippen molar-refractivity contribution in [2.75, 3.05) is 0 Å². The minimum atomic E-state index is -0.0329. The minimum absolute atomic E-state index is 0.00707. The zero-order valence-electron chi connectivity index (χ0n) is 11.8. The number of aliphatic hydroxyl groups is 1. The highest BCUT2D eigenvalue weighted by atomic mass is 16.3. The Morgan fingerprint density at radius 3 is 2.40 bits per heavy atom. The molecule has 0 spiro atoms. The van der Waals surface area contributed by atoms with Crippen molar-refractivity contribution in [3.63, 3.8) is 0 Å². The van der Waals surface area contributed by atoms with Crippen molar-refractivity contribution in [2.24, 2.45) is 0 Å². The van der Waals surface area contributed by atoms with Gasteiger partial charge in [0.05, 0.1) is 6.61 Å². The summed E-state index contributed by atoms with van der Waals surface area (Å²) in [5, 5.41) is 8.97. The molecule has 0 bridgehead atoms. The molecule has 0 radical (unpaired) electrons. The lowest BCUT2D eigenvalue weighted by atomic mass is 10.0. The molecule has 0 fully saturated rings. The maximum absolute atomic E-state index is 12.0. The van der Waals surface area contributed by atoms with Crippen molar-refractivity contribution in [1.29, 1.82) is 0 Å². The lowest BCUT2D eigenvalue weighted by Crippen LogP contribution is -1.95. The lowest BCUT2D eigenvalue weighted by molar-refractivity contribution is 0.104. The number of hydrogen-bond acceptors (Lipinski definition) is 2. The predicted molar refractivity (Wildman–Crippen MR) is 81.6 cm³/mol. The largest absolute Gasteiger partial charge is 0.392 e. The van der Waals surface area contributed by atoms with Gasteiger partial charge in [0.1, 0.15) is 0 Å². The second-order valence-electron chi connectivity index (χ2n) is 4.91. The highest BCUT2D eigenvalue weighted by Gasteiger charge is 2.02. The summed E-state index contributed by atoms with van der Waals surface area (Å²) in [5.74, 6) is -0.0329. The van der Waals surface area contributed by atoms with Gasteiger partial charge in [0, 0.05) is 5.56 Å². The van der Waals surface area contributed by atoms with Crippen molar-refractivity contribution in [3.8, 4) is 0 Å². The van der Waals surface area contributed by atoms with Gasteiger partial charge in [0.25, 0.3) is 0 Å². The fourth-order valence-electron chi connectivity index (χ4n) is 2.05. The fourth-order valence-corrected chi connectivity index (χ4v) is 2.05. The molecule has 2 nitrogen and oxygen atoms in total. The summed E-state index contributed by atoms with van der Waals surface area (Å²) in [6, 6.07) is 13.1. The van der Waals surface area contributed by atoms with Gasteiger partial charge in [-0.1, -0.05) is 54.1 Å². The third kappa shape index (κ3) is 3.43. The van der Waals surface area contributed by atoms with E-state index in [0.29, 0.717) is 5.56 Å². The molecule has 0 heterocycles. The second-order valence-corrected chi connectivity index (χ2v) is 4.91. The van der Waals surface area contributed by atoms with E-state index in [1.54, 1.807) is 30.3 Å². The Balaban J connectivity index is 2.15. The smallest absolute Gasteiger partial charge is 0.185 e. The minimum Gasteiger partial charge on any atom is -0.392 e. The third-order valence-corrected chi connectivity index (χ3v) is 3.26. The Morgan fingerprint density at radius 1 is 1.10 bits per heavy atom. The number of aliphatic hydroxyl groups excluding tert-OH is 1. The highest BCUT2D eigenvalue weighted by molar-refractivity contribution is 6.06. The number of carbonyl (C=O) groups excluding carboxylic acids is 1. The standard InChI is InChI=1S/C18H18O2/c1-13-3-6-16(14(2)11-13)9-10-18(20)17-7-4-15(12-19)5-8-17/h3-11,19H,12H2,1-2H3/b10-9+. The number of rotatable bonds is 4. The Bertz CT molecular complexity index is 637. The molecule has 0 amide bonds. The van der Waals surface area contributed by atoms with Crippen LogP contribution in [0.25, 0.3) is 6.08 Å². The van der Waals surface area contributed by atoms with Crippen molar-refractivity contribution in [3.05, 3.63) is 76.4 Å². The number of benzene rings is 2. The Labute approximate surface area is 119 Å². The molecule has 0 aliphatic rings. The van der Waals surface area contributed by atoms with Gasteiger partial charge in [-0.3, -0.25) is 4.79 Å². The van der Waals surface area contributed by atoms with E-state index in [0.717, 1.165) is 16.7 Å². The number of carbonyl (C=O) groups is 1. The average molecular weight is 266 g/mol. The van der Waals surface area contributed by atoms with Gasteiger partial charge in [-0.25, -0.2) is 0 Å². The van der Waals surface area contributed by atoms with E-state index in [1.807, 2.05) is 32.1 Å². The first-order valence-corrected chi connectivity index (χ1v) is 6.59. The molecule has 0 saturated heterocycles. The van der Waals surface area contributed by atoms with Crippen molar-refractivity contribution in [2.45, 2.75) is 20.5 Å². The molecule has 0 aliphatic heterocycles. The Hall–Kier alpha value is -2.19. The van der Waals surface area contributed by atoms with Gasteiger partial charge in [-0.15, -0.1) is 0 Å². The Kier molecular flexibility index (Phi) is 4.49. The maximum atomic E-state index is 12.0. The summed E-state index contributed by atoms with van der Waals surface area (Å²) in [7, 11) is 0. The molecule has 2 aromatic rings. The van der Waals surface area contributed by atoms with Gasteiger partial charge in [0.2, 0.25) is 0 Å². The molecule has 0 saturated carbocycles. The van der Waals surface area contributed by atoms with Crippen molar-refractivity contribution >= 4 is 11.9 Å². The van der Waals surface area contributed by atoms with Crippen LogP contribution in [0.4, 0.5) is 0 Å². The number of aryl methyl sites for hydroxylation is 2. The van der Waals surface area contributed by atoms with Crippen LogP contribution >= 0.6 is 0 Å². The van der Waals surface area contributed by atoms with Gasteiger partial charge in [0.15, 0.2) is 5.78 Å². The molecule has 0 atom stereocenters. The quantitative estimate of drug-likeness (QED) is 0.677. The Morgan fingerprint density at radius 2 is 1.80 bits per heavy atom. The molecule has 0 aromatic heterocycles. The van der Waals surface area contributed by atoms with E-state index in [-0.39, 0.29) is 12.4 Å². The van der Waals surface area contributed by atoms with E-state index in [1.165, 1.54) is 5.56 Å². The third-order valence-electron chi connectivity index (χ3n) is 3.26. The van der Waals surface area contributed by atoms with Crippen molar-refractivity contribution in [1.82, 2.24) is 0 Å². The number of hydrogen-bond donors (Lipinski definition) is 1. The summed E-state index contributed by atoms with van der Waals surface area (Å²) in [5.41, 5.74) is 4.86. The molecule has 0 unspecified atom stereocenters. The van der Waals surface area contributed by atoms with E-state index in [9.17, 15) is 4.79 Å². The van der Waals surface area contributed by atoms with E-state index < -0.39 is 0 Å². The normalized spacial score (nSPS) is 10.9. The summed E-state index contributed by atoms with van der Waals surface area (Å²) >= 11 is 0. The van der Waals surface area contributed by atoms with E-state index >= 15 is 0 Å². The summed E-state index contributed by atoms with van der Waals surface area (Å²) in [6.07, 6.45) is 3.43. The zero-order chi connectivity index (χ0) is 14.5. The molecule has 2 aromatic carbocycles. The topological polar surface area (TPSA) is 37.3 Å². The predicted octanol–water partition coefficient (Wildman–Crippen LogP) is 3.69. The van der Waals surface area contributed by atoms with Crippen LogP contribution in [0, 0.1) is 13.8 Å². The van der Waals surface area contributed by atoms with Crippen LogP contribution in [-0.2, 0) is 6.61 Å². The molecule has 2 rings (SSSR count). The molecule has 1 N–H and O–H groups in total. The first-order chi connectivity index (χ1) is 9.60. The molecular weight excluding hydrogens is 248 g/mol. The van der Waals surface area contributed by atoms with Crippen LogP contribution in [0.1, 0.15) is 32.6 Å². The molecule has 2 heteroatoms.